The van der Waals surface area contributed by atoms with Gasteiger partial charge in [0, 0.05) is 6.54 Å². The average molecular weight is 218 g/mol. The molecule has 0 fully saturated rings. The molecule has 1 atom stereocenters. The van der Waals surface area contributed by atoms with E-state index in [-0.39, 0.29) is 12.5 Å². The number of hydrogen-bond donors (Lipinski definition) is 2. The summed E-state index contributed by atoms with van der Waals surface area (Å²) in [6.45, 7) is 4.14. The van der Waals surface area contributed by atoms with E-state index in [4.69, 9.17) is 15.2 Å². The van der Waals surface area contributed by atoms with E-state index < -0.39 is 12.0 Å². The van der Waals surface area contributed by atoms with Crippen LogP contribution < -0.4 is 11.1 Å². The lowest BCUT2D eigenvalue weighted by Crippen LogP contribution is -2.41. The Balaban J connectivity index is 3.70. The van der Waals surface area contributed by atoms with Crippen molar-refractivity contribution in [3.05, 3.63) is 0 Å². The van der Waals surface area contributed by atoms with Gasteiger partial charge in [-0.1, -0.05) is 0 Å². The first-order valence-corrected chi connectivity index (χ1v) is 4.85. The number of esters is 1. The molecule has 88 valence electrons. The number of carbonyl (C=O) groups is 2. The van der Waals surface area contributed by atoms with Crippen LogP contribution in [0.25, 0.3) is 0 Å². The molecule has 15 heavy (non-hydrogen) atoms. The number of hydrogen-bond acceptors (Lipinski definition) is 5. The van der Waals surface area contributed by atoms with Gasteiger partial charge in [0.1, 0.15) is 12.6 Å². The van der Waals surface area contributed by atoms with Gasteiger partial charge >= 0.3 is 5.97 Å². The lowest BCUT2D eigenvalue weighted by molar-refractivity contribution is -0.147. The molecule has 6 nitrogen and oxygen atoms in total. The highest BCUT2D eigenvalue weighted by Gasteiger charge is 2.15. The van der Waals surface area contributed by atoms with E-state index in [1.807, 2.05) is 0 Å². The van der Waals surface area contributed by atoms with Gasteiger partial charge in [0.25, 0.3) is 0 Å². The summed E-state index contributed by atoms with van der Waals surface area (Å²) in [5.41, 5.74) is 5.17. The lowest BCUT2D eigenvalue weighted by atomic mass is 10.3. The normalized spacial score (nSPS) is 11.9. The van der Waals surface area contributed by atoms with Gasteiger partial charge in [-0.2, -0.15) is 0 Å². The zero-order valence-electron chi connectivity index (χ0n) is 9.12. The van der Waals surface area contributed by atoms with Crippen molar-refractivity contribution < 1.29 is 19.1 Å². The Labute approximate surface area is 89.1 Å². The van der Waals surface area contributed by atoms with Crippen LogP contribution in [0.4, 0.5) is 0 Å². The molecule has 0 aliphatic carbocycles. The largest absolute Gasteiger partial charge is 0.464 e. The van der Waals surface area contributed by atoms with Crippen LogP contribution in [0, 0.1) is 0 Å². The second kappa shape index (κ2) is 8.19. The van der Waals surface area contributed by atoms with Crippen molar-refractivity contribution in [1.82, 2.24) is 5.32 Å². The predicted molar refractivity (Wildman–Crippen MR) is 54.1 cm³/mol. The number of rotatable bonds is 7. The van der Waals surface area contributed by atoms with E-state index in [1.54, 1.807) is 13.8 Å². The molecule has 0 radical (unpaired) electrons. The Bertz CT molecular complexity index is 208. The van der Waals surface area contributed by atoms with Crippen LogP contribution in [0.3, 0.4) is 0 Å². The minimum atomic E-state index is -0.654. The molecular formula is C9H18N2O4. The summed E-state index contributed by atoms with van der Waals surface area (Å²) in [6, 6.07) is -0.654. The number of nitrogens with two attached hydrogens (primary N) is 1. The second-order valence-corrected chi connectivity index (χ2v) is 2.88. The van der Waals surface area contributed by atoms with Crippen LogP contribution in [-0.2, 0) is 19.1 Å². The van der Waals surface area contributed by atoms with Crippen LogP contribution in [0.1, 0.15) is 13.8 Å². The van der Waals surface area contributed by atoms with Crippen molar-refractivity contribution in [1.29, 1.82) is 0 Å². The van der Waals surface area contributed by atoms with E-state index in [0.717, 1.165) is 0 Å². The second-order valence-electron chi connectivity index (χ2n) is 2.88. The smallest absolute Gasteiger partial charge is 0.328 e. The van der Waals surface area contributed by atoms with Crippen molar-refractivity contribution in [2.75, 3.05) is 26.4 Å². The summed E-state index contributed by atoms with van der Waals surface area (Å²) in [7, 11) is 0. The Morgan fingerprint density at radius 1 is 1.47 bits per heavy atom. The number of nitrogens with one attached hydrogen (secondary N) is 1. The fourth-order valence-corrected chi connectivity index (χ4v) is 0.858. The first-order chi connectivity index (χ1) is 7.11. The van der Waals surface area contributed by atoms with Crippen LogP contribution in [0.15, 0.2) is 0 Å². The summed E-state index contributed by atoms with van der Waals surface area (Å²) in [4.78, 5) is 22.3. The standard InChI is InChI=1S/C9H18N2O4/c1-3-15-9(13)7(2)11-8(12)6-14-5-4-10/h7H,3-6,10H2,1-2H3,(H,11,12). The monoisotopic (exact) mass is 218 g/mol. The van der Waals surface area contributed by atoms with Crippen molar-refractivity contribution in [2.24, 2.45) is 5.73 Å². The van der Waals surface area contributed by atoms with E-state index in [2.05, 4.69) is 5.32 Å². The van der Waals surface area contributed by atoms with Gasteiger partial charge in [-0.15, -0.1) is 0 Å². The van der Waals surface area contributed by atoms with Gasteiger partial charge in [0.15, 0.2) is 0 Å². The first kappa shape index (κ1) is 13.9. The van der Waals surface area contributed by atoms with Crippen molar-refractivity contribution in [3.63, 3.8) is 0 Å². The van der Waals surface area contributed by atoms with Crippen LogP contribution >= 0.6 is 0 Å². The highest BCUT2D eigenvalue weighted by molar-refractivity contribution is 5.84. The van der Waals surface area contributed by atoms with Gasteiger partial charge in [-0.3, -0.25) is 4.79 Å². The quantitative estimate of drug-likeness (QED) is 0.424. The third-order valence-corrected chi connectivity index (χ3v) is 1.51. The average Bonchev–Trinajstić information content (AvgIpc) is 2.18. The summed E-state index contributed by atoms with van der Waals surface area (Å²) in [6.07, 6.45) is 0. The molecule has 0 aliphatic rings. The molecule has 6 heteroatoms. The Morgan fingerprint density at radius 3 is 2.67 bits per heavy atom. The topological polar surface area (TPSA) is 90.6 Å². The third kappa shape index (κ3) is 6.87. The molecular weight excluding hydrogens is 200 g/mol. The molecule has 0 spiro atoms. The highest BCUT2D eigenvalue weighted by atomic mass is 16.5. The molecule has 0 aromatic rings. The van der Waals surface area contributed by atoms with Gasteiger partial charge in [-0.25, -0.2) is 4.79 Å². The Morgan fingerprint density at radius 2 is 2.13 bits per heavy atom. The summed E-state index contributed by atoms with van der Waals surface area (Å²) >= 11 is 0. The molecule has 0 aliphatic heterocycles. The molecule has 0 saturated carbocycles. The van der Waals surface area contributed by atoms with Gasteiger partial charge in [0.2, 0.25) is 5.91 Å². The molecule has 1 amide bonds. The highest BCUT2D eigenvalue weighted by Crippen LogP contribution is 1.88. The van der Waals surface area contributed by atoms with Gasteiger partial charge in [0.05, 0.1) is 13.2 Å². The molecule has 0 aromatic carbocycles. The fourth-order valence-electron chi connectivity index (χ4n) is 0.858. The maximum atomic E-state index is 11.2. The first-order valence-electron chi connectivity index (χ1n) is 4.85. The van der Waals surface area contributed by atoms with E-state index in [9.17, 15) is 9.59 Å². The zero-order valence-corrected chi connectivity index (χ0v) is 9.12. The zero-order chi connectivity index (χ0) is 11.7. The Hall–Kier alpha value is -1.14. The van der Waals surface area contributed by atoms with E-state index in [1.165, 1.54) is 0 Å². The maximum Gasteiger partial charge on any atom is 0.328 e. The third-order valence-electron chi connectivity index (χ3n) is 1.51. The van der Waals surface area contributed by atoms with Crippen LogP contribution in [0.5, 0.6) is 0 Å². The number of carbonyl (C=O) groups excluding carboxylic acids is 2. The molecule has 0 bridgehead atoms. The number of ether oxygens (including phenoxy) is 2. The molecule has 0 saturated heterocycles. The SMILES string of the molecule is CCOC(=O)C(C)NC(=O)COCCN. The van der Waals surface area contributed by atoms with Crippen LogP contribution in [0.2, 0.25) is 0 Å². The van der Waals surface area contributed by atoms with E-state index in [0.29, 0.717) is 19.8 Å². The molecule has 0 rings (SSSR count). The molecule has 0 heterocycles. The minimum absolute atomic E-state index is 0.0963. The molecule has 3 N–H and O–H groups in total. The van der Waals surface area contributed by atoms with Crippen molar-refractivity contribution in [2.45, 2.75) is 19.9 Å². The van der Waals surface area contributed by atoms with Crippen molar-refractivity contribution >= 4 is 11.9 Å². The summed E-state index contributed by atoms with van der Waals surface area (Å²) < 4.78 is 9.61. The maximum absolute atomic E-state index is 11.2. The van der Waals surface area contributed by atoms with Crippen molar-refractivity contribution in [3.8, 4) is 0 Å². The van der Waals surface area contributed by atoms with Crippen LogP contribution in [-0.4, -0.2) is 44.3 Å². The van der Waals surface area contributed by atoms with E-state index >= 15 is 0 Å². The minimum Gasteiger partial charge on any atom is -0.464 e. The fraction of sp³-hybridized carbons (Fsp3) is 0.778. The summed E-state index contributed by atoms with van der Waals surface area (Å²) in [5, 5.41) is 2.44. The number of amides is 1. The summed E-state index contributed by atoms with van der Waals surface area (Å²) in [5.74, 6) is -0.811. The lowest BCUT2D eigenvalue weighted by Gasteiger charge is -2.12. The predicted octanol–water partition coefficient (Wildman–Crippen LogP) is -0.970. The van der Waals surface area contributed by atoms with Gasteiger partial charge < -0.3 is 20.5 Å². The Kier molecular flexibility index (Phi) is 7.57. The molecule has 0 aromatic heterocycles. The van der Waals surface area contributed by atoms with Gasteiger partial charge in [-0.05, 0) is 13.8 Å². The molecule has 1 unspecified atom stereocenters.